The third kappa shape index (κ3) is 4.14. The van der Waals surface area contributed by atoms with E-state index < -0.39 is 38.5 Å². The van der Waals surface area contributed by atoms with Gasteiger partial charge in [0.2, 0.25) is 0 Å². The molecular formula is C12H13F3N2O4. The second-order valence-corrected chi connectivity index (χ2v) is 4.46. The number of hydrogen-bond donors (Lipinski definition) is 0. The van der Waals surface area contributed by atoms with Crippen molar-refractivity contribution in [3.05, 3.63) is 43.5 Å². The highest BCUT2D eigenvalue weighted by atomic mass is 19.4. The maximum atomic E-state index is 13.0. The molecule has 0 spiro atoms. The van der Waals surface area contributed by atoms with Gasteiger partial charge in [-0.2, -0.15) is 13.2 Å². The Balaban J connectivity index is 3.47. The number of non-ortho nitro benzene ring substituents is 1. The van der Waals surface area contributed by atoms with E-state index in [-0.39, 0.29) is 6.42 Å². The van der Waals surface area contributed by atoms with Crippen LogP contribution < -0.4 is 0 Å². The molecule has 1 aromatic carbocycles. The molecule has 0 aliphatic heterocycles. The average molecular weight is 306 g/mol. The lowest BCUT2D eigenvalue weighted by molar-refractivity contribution is -0.395. The van der Waals surface area contributed by atoms with Crippen LogP contribution in [0.15, 0.2) is 12.1 Å². The van der Waals surface area contributed by atoms with Crippen molar-refractivity contribution in [1.29, 1.82) is 0 Å². The topological polar surface area (TPSA) is 86.3 Å². The molecule has 1 rings (SSSR count). The standard InChI is InChI=1S/C12H13F3N2O4/c1-2-3-4-5-9-10(12(13,14)15)6-8(16(18)19)7-11(9)17(20)21/h6-7H,2-5H2,1H3. The van der Waals surface area contributed by atoms with Gasteiger partial charge in [-0.25, -0.2) is 0 Å². The Labute approximate surface area is 117 Å². The van der Waals surface area contributed by atoms with E-state index in [0.29, 0.717) is 25.0 Å². The van der Waals surface area contributed by atoms with E-state index in [4.69, 9.17) is 0 Å². The van der Waals surface area contributed by atoms with Crippen molar-refractivity contribution in [2.24, 2.45) is 0 Å². The molecule has 0 unspecified atom stereocenters. The lowest BCUT2D eigenvalue weighted by Gasteiger charge is -2.13. The summed E-state index contributed by atoms with van der Waals surface area (Å²) in [4.78, 5) is 19.5. The van der Waals surface area contributed by atoms with E-state index in [1.807, 2.05) is 6.92 Å². The minimum absolute atomic E-state index is 0.142. The van der Waals surface area contributed by atoms with Crippen LogP contribution in [0.5, 0.6) is 0 Å². The van der Waals surface area contributed by atoms with Crippen LogP contribution in [0.25, 0.3) is 0 Å². The van der Waals surface area contributed by atoms with Gasteiger partial charge in [-0.05, 0) is 12.8 Å². The highest BCUT2D eigenvalue weighted by Gasteiger charge is 2.38. The first-order valence-electron chi connectivity index (χ1n) is 6.21. The number of benzene rings is 1. The first kappa shape index (κ1) is 16.9. The maximum Gasteiger partial charge on any atom is 0.417 e. The molecule has 0 aliphatic carbocycles. The molecule has 1 aromatic rings. The fourth-order valence-electron chi connectivity index (χ4n) is 1.98. The summed E-state index contributed by atoms with van der Waals surface area (Å²) in [5, 5.41) is 21.6. The van der Waals surface area contributed by atoms with Crippen LogP contribution in [0, 0.1) is 20.2 Å². The first-order valence-corrected chi connectivity index (χ1v) is 6.21. The van der Waals surface area contributed by atoms with Crippen molar-refractivity contribution in [2.45, 2.75) is 38.8 Å². The molecule has 0 fully saturated rings. The molecule has 0 aromatic heterocycles. The molecule has 9 heteroatoms. The minimum Gasteiger partial charge on any atom is -0.258 e. The molecule has 0 heterocycles. The Morgan fingerprint density at radius 1 is 1.10 bits per heavy atom. The van der Waals surface area contributed by atoms with Crippen LogP contribution in [0.4, 0.5) is 24.5 Å². The molecule has 0 radical (unpaired) electrons. The third-order valence-corrected chi connectivity index (χ3v) is 2.95. The highest BCUT2D eigenvalue weighted by Crippen LogP contribution is 2.39. The molecule has 6 nitrogen and oxygen atoms in total. The molecule has 0 N–H and O–H groups in total. The number of unbranched alkanes of at least 4 members (excludes halogenated alkanes) is 2. The summed E-state index contributed by atoms with van der Waals surface area (Å²) in [6.45, 7) is 1.84. The predicted molar refractivity (Wildman–Crippen MR) is 68.0 cm³/mol. The van der Waals surface area contributed by atoms with E-state index in [1.54, 1.807) is 0 Å². The Morgan fingerprint density at radius 2 is 1.71 bits per heavy atom. The molecule has 116 valence electrons. The van der Waals surface area contributed by atoms with E-state index in [9.17, 15) is 33.4 Å². The molecular weight excluding hydrogens is 293 g/mol. The smallest absolute Gasteiger partial charge is 0.258 e. The van der Waals surface area contributed by atoms with Crippen LogP contribution >= 0.6 is 0 Å². The fourth-order valence-corrected chi connectivity index (χ4v) is 1.98. The van der Waals surface area contributed by atoms with Gasteiger partial charge in [-0.15, -0.1) is 0 Å². The van der Waals surface area contributed by atoms with E-state index in [0.717, 1.165) is 6.42 Å². The molecule has 0 atom stereocenters. The van der Waals surface area contributed by atoms with Crippen LogP contribution in [0.3, 0.4) is 0 Å². The predicted octanol–water partition coefficient (Wildman–Crippen LogP) is 4.25. The number of nitro benzene ring substituents is 2. The van der Waals surface area contributed by atoms with E-state index in [1.165, 1.54) is 0 Å². The molecule has 0 bridgehead atoms. The first-order chi connectivity index (χ1) is 9.68. The summed E-state index contributed by atoms with van der Waals surface area (Å²) in [7, 11) is 0. The minimum atomic E-state index is -4.88. The Bertz CT molecular complexity index is 558. The molecule has 21 heavy (non-hydrogen) atoms. The Morgan fingerprint density at radius 3 is 2.14 bits per heavy atom. The second-order valence-electron chi connectivity index (χ2n) is 4.46. The van der Waals surface area contributed by atoms with Crippen LogP contribution in [-0.4, -0.2) is 9.85 Å². The van der Waals surface area contributed by atoms with Crippen molar-refractivity contribution in [1.82, 2.24) is 0 Å². The molecule has 0 aliphatic rings. The number of nitro groups is 2. The number of hydrogen-bond acceptors (Lipinski definition) is 4. The summed E-state index contributed by atoms with van der Waals surface area (Å²) in [5.74, 6) is 0. The van der Waals surface area contributed by atoms with E-state index >= 15 is 0 Å². The molecule has 0 amide bonds. The fraction of sp³-hybridized carbons (Fsp3) is 0.500. The second kappa shape index (κ2) is 6.51. The normalized spacial score (nSPS) is 11.4. The van der Waals surface area contributed by atoms with Gasteiger partial charge in [-0.1, -0.05) is 19.8 Å². The van der Waals surface area contributed by atoms with Gasteiger partial charge < -0.3 is 0 Å². The lowest BCUT2D eigenvalue weighted by atomic mass is 9.98. The zero-order valence-corrected chi connectivity index (χ0v) is 11.1. The summed E-state index contributed by atoms with van der Waals surface area (Å²) in [5.41, 5.74) is -3.59. The van der Waals surface area contributed by atoms with Gasteiger partial charge in [-0.3, -0.25) is 20.2 Å². The highest BCUT2D eigenvalue weighted by molar-refractivity contribution is 5.55. The quantitative estimate of drug-likeness (QED) is 0.446. The monoisotopic (exact) mass is 306 g/mol. The lowest BCUT2D eigenvalue weighted by Crippen LogP contribution is -2.12. The molecule has 0 saturated heterocycles. The van der Waals surface area contributed by atoms with Gasteiger partial charge in [0.05, 0.1) is 21.5 Å². The maximum absolute atomic E-state index is 13.0. The van der Waals surface area contributed by atoms with Crippen LogP contribution in [0.1, 0.15) is 37.3 Å². The van der Waals surface area contributed by atoms with Crippen molar-refractivity contribution in [3.8, 4) is 0 Å². The summed E-state index contributed by atoms with van der Waals surface area (Å²) in [6, 6.07) is 0.935. The van der Waals surface area contributed by atoms with Crippen molar-refractivity contribution in [2.75, 3.05) is 0 Å². The van der Waals surface area contributed by atoms with Gasteiger partial charge in [0, 0.05) is 11.6 Å². The Kier molecular flexibility index (Phi) is 5.23. The number of alkyl halides is 3. The Hall–Kier alpha value is -2.19. The largest absolute Gasteiger partial charge is 0.417 e. The third-order valence-electron chi connectivity index (χ3n) is 2.95. The average Bonchev–Trinajstić information content (AvgIpc) is 2.37. The number of nitrogens with zero attached hydrogens (tertiary/aromatic N) is 2. The van der Waals surface area contributed by atoms with Crippen molar-refractivity contribution in [3.63, 3.8) is 0 Å². The van der Waals surface area contributed by atoms with Gasteiger partial charge >= 0.3 is 6.18 Å². The van der Waals surface area contributed by atoms with Crippen LogP contribution in [0.2, 0.25) is 0 Å². The van der Waals surface area contributed by atoms with Crippen molar-refractivity contribution < 1.29 is 23.0 Å². The van der Waals surface area contributed by atoms with Crippen LogP contribution in [-0.2, 0) is 12.6 Å². The molecule has 0 saturated carbocycles. The summed E-state index contributed by atoms with van der Waals surface area (Å²) < 4.78 is 39.0. The zero-order chi connectivity index (χ0) is 16.2. The summed E-state index contributed by atoms with van der Waals surface area (Å²) >= 11 is 0. The van der Waals surface area contributed by atoms with Crippen molar-refractivity contribution >= 4 is 11.4 Å². The summed E-state index contributed by atoms with van der Waals surface area (Å²) in [6.07, 6.45) is -3.32. The SMILES string of the molecule is CCCCCc1c([N+](=O)[O-])cc([N+](=O)[O-])cc1C(F)(F)F. The van der Waals surface area contributed by atoms with Gasteiger partial charge in [0.15, 0.2) is 0 Å². The number of halogens is 3. The van der Waals surface area contributed by atoms with E-state index in [2.05, 4.69) is 0 Å². The number of rotatable bonds is 6. The van der Waals surface area contributed by atoms with Gasteiger partial charge in [0.25, 0.3) is 11.4 Å². The van der Waals surface area contributed by atoms with Gasteiger partial charge in [0.1, 0.15) is 0 Å². The zero-order valence-electron chi connectivity index (χ0n) is 11.1.